The molecule has 1 aromatic heterocycles. The lowest BCUT2D eigenvalue weighted by atomic mass is 9.47. The van der Waals surface area contributed by atoms with Gasteiger partial charge in [-0.25, -0.2) is 0 Å². The van der Waals surface area contributed by atoms with Gasteiger partial charge in [0.2, 0.25) is 0 Å². The SMILES string of the molecule is COc1ccc(-c2cc3c(cn2)[C@@H]2C[C@H](C3)C2(C)C)c2c1ccc1ccc3ccccc3c12. The number of rotatable bonds is 2. The van der Waals surface area contributed by atoms with E-state index in [4.69, 9.17) is 9.72 Å². The lowest BCUT2D eigenvalue weighted by molar-refractivity contribution is 0.0183. The molecule has 2 nitrogen and oxygen atoms in total. The highest BCUT2D eigenvalue weighted by Crippen LogP contribution is 2.62. The van der Waals surface area contributed by atoms with E-state index in [-0.39, 0.29) is 0 Å². The molecule has 8 rings (SSSR count). The van der Waals surface area contributed by atoms with Gasteiger partial charge < -0.3 is 4.74 Å². The molecule has 0 unspecified atom stereocenters. The van der Waals surface area contributed by atoms with Gasteiger partial charge in [0.15, 0.2) is 0 Å². The molecule has 2 bridgehead atoms. The van der Waals surface area contributed by atoms with Gasteiger partial charge in [0.05, 0.1) is 12.8 Å². The van der Waals surface area contributed by atoms with E-state index in [2.05, 4.69) is 86.8 Å². The first-order chi connectivity index (χ1) is 16.1. The van der Waals surface area contributed by atoms with Gasteiger partial charge in [-0.3, -0.25) is 4.98 Å². The predicted molar refractivity (Wildman–Crippen MR) is 137 cm³/mol. The van der Waals surface area contributed by atoms with E-state index in [1.165, 1.54) is 56.5 Å². The monoisotopic (exact) mass is 429 g/mol. The third-order valence-corrected chi connectivity index (χ3v) is 8.68. The lowest BCUT2D eigenvalue weighted by Crippen LogP contribution is -2.48. The zero-order valence-corrected chi connectivity index (χ0v) is 19.4. The number of benzene rings is 4. The number of fused-ring (bicyclic) bond motifs is 5. The minimum absolute atomic E-state index is 0.415. The number of ether oxygens (including phenoxy) is 1. The van der Waals surface area contributed by atoms with Gasteiger partial charge in [0, 0.05) is 22.5 Å². The van der Waals surface area contributed by atoms with Crippen molar-refractivity contribution in [1.29, 1.82) is 0 Å². The van der Waals surface area contributed by atoms with Crippen LogP contribution in [0.4, 0.5) is 0 Å². The lowest BCUT2D eigenvalue weighted by Gasteiger charge is -2.57. The number of methoxy groups -OCH3 is 1. The van der Waals surface area contributed by atoms with E-state index >= 15 is 0 Å². The van der Waals surface area contributed by atoms with Crippen LogP contribution in [0, 0.1) is 11.3 Å². The molecule has 0 N–H and O–H groups in total. The van der Waals surface area contributed by atoms with E-state index in [1.54, 1.807) is 7.11 Å². The molecule has 33 heavy (non-hydrogen) atoms. The maximum atomic E-state index is 5.79. The van der Waals surface area contributed by atoms with E-state index < -0.39 is 0 Å². The highest BCUT2D eigenvalue weighted by atomic mass is 16.5. The van der Waals surface area contributed by atoms with Crippen LogP contribution in [0.5, 0.6) is 5.75 Å². The summed E-state index contributed by atoms with van der Waals surface area (Å²) in [6.07, 6.45) is 4.67. The van der Waals surface area contributed by atoms with E-state index in [0.29, 0.717) is 11.3 Å². The van der Waals surface area contributed by atoms with Crippen molar-refractivity contribution >= 4 is 32.3 Å². The Morgan fingerprint density at radius 3 is 2.55 bits per heavy atom. The molecule has 0 spiro atoms. The van der Waals surface area contributed by atoms with Gasteiger partial charge in [-0.15, -0.1) is 0 Å². The van der Waals surface area contributed by atoms with Crippen LogP contribution in [0.3, 0.4) is 0 Å². The second-order valence-corrected chi connectivity index (χ2v) is 10.5. The van der Waals surface area contributed by atoms with Crippen LogP contribution in [-0.4, -0.2) is 12.1 Å². The highest BCUT2D eigenvalue weighted by molar-refractivity contribution is 6.24. The first-order valence-corrected chi connectivity index (χ1v) is 12.0. The minimum atomic E-state index is 0.415. The molecular weight excluding hydrogens is 402 g/mol. The zero-order chi connectivity index (χ0) is 22.3. The van der Waals surface area contributed by atoms with Gasteiger partial charge >= 0.3 is 0 Å². The Labute approximate surface area is 194 Å². The van der Waals surface area contributed by atoms with E-state index in [0.717, 1.165) is 22.7 Å². The Morgan fingerprint density at radius 2 is 1.70 bits per heavy atom. The molecule has 1 fully saturated rings. The van der Waals surface area contributed by atoms with Gasteiger partial charge in [-0.2, -0.15) is 0 Å². The number of hydrogen-bond acceptors (Lipinski definition) is 2. The molecular formula is C31H27NO. The molecule has 1 heterocycles. The van der Waals surface area contributed by atoms with Gasteiger partial charge in [-0.1, -0.05) is 56.3 Å². The number of nitrogens with zero attached hydrogens (tertiary/aromatic N) is 1. The molecule has 1 saturated carbocycles. The highest BCUT2D eigenvalue weighted by Gasteiger charge is 2.52. The summed E-state index contributed by atoms with van der Waals surface area (Å²) in [7, 11) is 1.76. The van der Waals surface area contributed by atoms with Crippen molar-refractivity contribution in [2.45, 2.75) is 32.6 Å². The van der Waals surface area contributed by atoms with Crippen molar-refractivity contribution < 1.29 is 4.74 Å². The largest absolute Gasteiger partial charge is 0.496 e. The van der Waals surface area contributed by atoms with Crippen LogP contribution >= 0.6 is 0 Å². The summed E-state index contributed by atoms with van der Waals surface area (Å²) < 4.78 is 5.79. The maximum Gasteiger partial charge on any atom is 0.126 e. The van der Waals surface area contributed by atoms with Crippen molar-refractivity contribution in [3.05, 3.63) is 84.1 Å². The van der Waals surface area contributed by atoms with Crippen LogP contribution in [0.25, 0.3) is 43.6 Å². The summed E-state index contributed by atoms with van der Waals surface area (Å²) in [5.41, 5.74) is 5.64. The molecule has 0 saturated heterocycles. The summed E-state index contributed by atoms with van der Waals surface area (Å²) >= 11 is 0. The Hall–Kier alpha value is -3.39. The molecule has 2 atom stereocenters. The molecule has 162 valence electrons. The second-order valence-electron chi connectivity index (χ2n) is 10.5. The fourth-order valence-corrected chi connectivity index (χ4v) is 6.61. The summed E-state index contributed by atoms with van der Waals surface area (Å²) in [5.74, 6) is 2.36. The van der Waals surface area contributed by atoms with Crippen LogP contribution in [0.2, 0.25) is 0 Å². The van der Waals surface area contributed by atoms with Crippen molar-refractivity contribution in [2.75, 3.05) is 7.11 Å². The summed E-state index contributed by atoms with van der Waals surface area (Å²) in [6, 6.07) is 24.2. The summed E-state index contributed by atoms with van der Waals surface area (Å²) in [5, 5.41) is 7.43. The van der Waals surface area contributed by atoms with E-state index in [9.17, 15) is 0 Å². The van der Waals surface area contributed by atoms with Crippen molar-refractivity contribution in [2.24, 2.45) is 11.3 Å². The average molecular weight is 430 g/mol. The van der Waals surface area contributed by atoms with Crippen molar-refractivity contribution in [3.8, 4) is 17.0 Å². The quantitative estimate of drug-likeness (QED) is 0.266. The van der Waals surface area contributed by atoms with Gasteiger partial charge in [0.1, 0.15) is 5.75 Å². The first-order valence-electron chi connectivity index (χ1n) is 12.0. The van der Waals surface area contributed by atoms with Crippen LogP contribution in [-0.2, 0) is 6.42 Å². The zero-order valence-electron chi connectivity index (χ0n) is 19.4. The molecule has 0 radical (unpaired) electrons. The maximum absolute atomic E-state index is 5.79. The molecule has 0 aliphatic heterocycles. The molecule has 0 amide bonds. The Bertz CT molecular complexity index is 1600. The smallest absolute Gasteiger partial charge is 0.126 e. The summed E-state index contributed by atoms with van der Waals surface area (Å²) in [6.45, 7) is 4.85. The molecule has 2 heteroatoms. The van der Waals surface area contributed by atoms with Crippen LogP contribution in [0.1, 0.15) is 37.3 Å². The molecule has 3 aliphatic rings. The Kier molecular flexibility index (Phi) is 3.81. The van der Waals surface area contributed by atoms with Gasteiger partial charge in [-0.05, 0) is 87.0 Å². The summed E-state index contributed by atoms with van der Waals surface area (Å²) in [4.78, 5) is 5.05. The van der Waals surface area contributed by atoms with Crippen LogP contribution < -0.4 is 4.74 Å². The molecule has 5 aromatic rings. The van der Waals surface area contributed by atoms with Crippen LogP contribution in [0.15, 0.2) is 72.9 Å². The molecule has 4 aromatic carbocycles. The fourth-order valence-electron chi connectivity index (χ4n) is 6.61. The number of hydrogen-bond donors (Lipinski definition) is 0. The average Bonchev–Trinajstić information content (AvgIpc) is 2.86. The standard InChI is InChI=1S/C31H27NO/c1-31(2)21-14-20-15-27(32-17-25(20)26(31)16-21)23-12-13-28(33-3)24-11-10-19-9-8-18-6-4-5-7-22(18)29(19)30(23)24/h4-13,15,17,21,26H,14,16H2,1-3H3/t21-,26-/m0/s1. The normalized spacial score (nSPS) is 20.6. The van der Waals surface area contributed by atoms with Crippen molar-refractivity contribution in [3.63, 3.8) is 0 Å². The van der Waals surface area contributed by atoms with Crippen molar-refractivity contribution in [1.82, 2.24) is 4.98 Å². The fraction of sp³-hybridized carbons (Fsp3) is 0.258. The third-order valence-electron chi connectivity index (χ3n) is 8.68. The van der Waals surface area contributed by atoms with Gasteiger partial charge in [0.25, 0.3) is 0 Å². The topological polar surface area (TPSA) is 22.1 Å². The van der Waals surface area contributed by atoms with E-state index in [1.807, 2.05) is 0 Å². The number of pyridine rings is 1. The minimum Gasteiger partial charge on any atom is -0.496 e. The third kappa shape index (κ3) is 2.52. The Morgan fingerprint density at radius 1 is 0.879 bits per heavy atom. The Balaban J connectivity index is 1.55. The molecule has 3 aliphatic carbocycles. The number of aromatic nitrogens is 1. The second kappa shape index (κ2) is 6.57. The first kappa shape index (κ1) is 19.1. The predicted octanol–water partition coefficient (Wildman–Crippen LogP) is 7.90.